The molecule has 1 saturated carbocycles. The number of nitrogens with one attached hydrogen (secondary N) is 1. The lowest BCUT2D eigenvalue weighted by Gasteiger charge is -2.51. The molecule has 0 aromatic heterocycles. The van der Waals surface area contributed by atoms with Crippen LogP contribution in [0, 0.1) is 0 Å². The van der Waals surface area contributed by atoms with E-state index in [1.54, 1.807) is 0 Å². The monoisotopic (exact) mass is 111 g/mol. The highest BCUT2D eigenvalue weighted by atomic mass is 15.1. The van der Waals surface area contributed by atoms with Crippen LogP contribution in [-0.4, -0.2) is 11.6 Å². The van der Waals surface area contributed by atoms with Gasteiger partial charge in [0.2, 0.25) is 0 Å². The third-order valence-corrected chi connectivity index (χ3v) is 2.53. The smallest absolute Gasteiger partial charge is 0.0170 e. The standard InChI is InChI=1S/C7H13N/c1-7-4-2-3-6(5-7)8-7/h6,8H,2-5H2,1H3. The summed E-state index contributed by atoms with van der Waals surface area (Å²) in [5.41, 5.74) is 0.572. The zero-order valence-electron chi connectivity index (χ0n) is 5.41. The van der Waals surface area contributed by atoms with Crippen molar-refractivity contribution in [3.8, 4) is 0 Å². The number of fused-ring (bicyclic) bond motifs is 2. The average molecular weight is 111 g/mol. The van der Waals surface area contributed by atoms with Crippen molar-refractivity contribution in [1.29, 1.82) is 0 Å². The van der Waals surface area contributed by atoms with Crippen molar-refractivity contribution in [2.45, 2.75) is 44.2 Å². The zero-order chi connectivity index (χ0) is 5.61. The van der Waals surface area contributed by atoms with E-state index in [2.05, 4.69) is 12.2 Å². The SMILES string of the molecule is CC12CCCC(C1)N2. The Kier molecular flexibility index (Phi) is 0.762. The summed E-state index contributed by atoms with van der Waals surface area (Å²) in [7, 11) is 0. The first-order chi connectivity index (χ1) is 3.79. The lowest BCUT2D eigenvalue weighted by Crippen LogP contribution is -2.64. The van der Waals surface area contributed by atoms with E-state index in [9.17, 15) is 0 Å². The molecule has 1 N–H and O–H groups in total. The Morgan fingerprint density at radius 3 is 2.62 bits per heavy atom. The predicted octanol–water partition coefficient (Wildman–Crippen LogP) is 1.29. The van der Waals surface area contributed by atoms with Gasteiger partial charge < -0.3 is 5.32 Å². The molecule has 2 saturated heterocycles. The fourth-order valence-corrected chi connectivity index (χ4v) is 2.10. The molecule has 2 aliphatic heterocycles. The van der Waals surface area contributed by atoms with Gasteiger partial charge in [0, 0.05) is 11.6 Å². The lowest BCUT2D eigenvalue weighted by atomic mass is 9.72. The molecule has 8 heavy (non-hydrogen) atoms. The van der Waals surface area contributed by atoms with Gasteiger partial charge in [-0.2, -0.15) is 0 Å². The fraction of sp³-hybridized carbons (Fsp3) is 1.00. The maximum absolute atomic E-state index is 3.56. The van der Waals surface area contributed by atoms with E-state index >= 15 is 0 Å². The van der Waals surface area contributed by atoms with E-state index in [1.807, 2.05) is 0 Å². The van der Waals surface area contributed by atoms with Crippen LogP contribution >= 0.6 is 0 Å². The molecule has 0 aromatic carbocycles. The number of hydrogen-bond donors (Lipinski definition) is 1. The molecule has 2 atom stereocenters. The molecule has 1 aliphatic carbocycles. The molecule has 0 radical (unpaired) electrons. The minimum absolute atomic E-state index is 0.572. The summed E-state index contributed by atoms with van der Waals surface area (Å²) in [5, 5.41) is 3.56. The van der Waals surface area contributed by atoms with Crippen LogP contribution in [0.25, 0.3) is 0 Å². The van der Waals surface area contributed by atoms with Crippen LogP contribution in [0.1, 0.15) is 32.6 Å². The molecule has 0 aromatic rings. The van der Waals surface area contributed by atoms with Gasteiger partial charge in [-0.25, -0.2) is 0 Å². The number of piperidine rings is 1. The summed E-state index contributed by atoms with van der Waals surface area (Å²) < 4.78 is 0. The van der Waals surface area contributed by atoms with Gasteiger partial charge in [0.1, 0.15) is 0 Å². The first-order valence-electron chi connectivity index (χ1n) is 3.56. The molecule has 0 spiro atoms. The summed E-state index contributed by atoms with van der Waals surface area (Å²) in [4.78, 5) is 0. The first-order valence-corrected chi connectivity index (χ1v) is 3.56. The van der Waals surface area contributed by atoms with E-state index in [1.165, 1.54) is 25.7 Å². The van der Waals surface area contributed by atoms with E-state index in [4.69, 9.17) is 0 Å². The van der Waals surface area contributed by atoms with Crippen LogP contribution in [0.2, 0.25) is 0 Å². The van der Waals surface area contributed by atoms with Crippen LogP contribution in [-0.2, 0) is 0 Å². The molecule has 2 unspecified atom stereocenters. The second kappa shape index (κ2) is 1.27. The third-order valence-electron chi connectivity index (χ3n) is 2.53. The Balaban J connectivity index is 2.06. The molecule has 2 heterocycles. The molecule has 46 valence electrons. The van der Waals surface area contributed by atoms with Gasteiger partial charge in [-0.15, -0.1) is 0 Å². The largest absolute Gasteiger partial charge is 0.309 e. The quantitative estimate of drug-likeness (QED) is 0.496. The molecule has 1 heteroatoms. The molecule has 3 aliphatic rings. The summed E-state index contributed by atoms with van der Waals surface area (Å²) in [5.74, 6) is 0. The number of hydrogen-bond acceptors (Lipinski definition) is 1. The minimum Gasteiger partial charge on any atom is -0.309 e. The average Bonchev–Trinajstić information content (AvgIpc) is 1.63. The molecular formula is C7H13N. The van der Waals surface area contributed by atoms with Gasteiger partial charge in [-0.1, -0.05) is 6.42 Å². The van der Waals surface area contributed by atoms with Crippen molar-refractivity contribution in [1.82, 2.24) is 5.32 Å². The second-order valence-electron chi connectivity index (χ2n) is 3.50. The lowest BCUT2D eigenvalue weighted by molar-refractivity contribution is 0.0885. The van der Waals surface area contributed by atoms with Gasteiger partial charge in [0.15, 0.2) is 0 Å². The normalized spacial score (nSPS) is 52.9. The topological polar surface area (TPSA) is 12.0 Å². The van der Waals surface area contributed by atoms with Crippen LogP contribution < -0.4 is 5.32 Å². The second-order valence-corrected chi connectivity index (χ2v) is 3.50. The highest BCUT2D eigenvalue weighted by molar-refractivity contribution is 5.03. The van der Waals surface area contributed by atoms with Crippen molar-refractivity contribution >= 4 is 0 Å². The molecular weight excluding hydrogens is 98.1 g/mol. The van der Waals surface area contributed by atoms with Crippen LogP contribution in [0.5, 0.6) is 0 Å². The van der Waals surface area contributed by atoms with Crippen molar-refractivity contribution in [2.24, 2.45) is 0 Å². The molecule has 2 bridgehead atoms. The summed E-state index contributed by atoms with van der Waals surface area (Å²) in [6.45, 7) is 2.34. The zero-order valence-corrected chi connectivity index (χ0v) is 5.41. The molecule has 1 nitrogen and oxygen atoms in total. The van der Waals surface area contributed by atoms with Gasteiger partial charge in [0.25, 0.3) is 0 Å². The van der Waals surface area contributed by atoms with Gasteiger partial charge in [-0.3, -0.25) is 0 Å². The van der Waals surface area contributed by atoms with Gasteiger partial charge >= 0.3 is 0 Å². The molecule has 3 fully saturated rings. The van der Waals surface area contributed by atoms with Crippen molar-refractivity contribution in [3.05, 3.63) is 0 Å². The predicted molar refractivity (Wildman–Crippen MR) is 33.8 cm³/mol. The Hall–Kier alpha value is -0.0400. The van der Waals surface area contributed by atoms with Crippen LogP contribution in [0.15, 0.2) is 0 Å². The fourth-order valence-electron chi connectivity index (χ4n) is 2.10. The maximum atomic E-state index is 3.56. The van der Waals surface area contributed by atoms with Crippen molar-refractivity contribution in [3.63, 3.8) is 0 Å². The van der Waals surface area contributed by atoms with E-state index in [-0.39, 0.29) is 0 Å². The van der Waals surface area contributed by atoms with Crippen molar-refractivity contribution in [2.75, 3.05) is 0 Å². The maximum Gasteiger partial charge on any atom is 0.0170 e. The van der Waals surface area contributed by atoms with Crippen LogP contribution in [0.4, 0.5) is 0 Å². The van der Waals surface area contributed by atoms with Gasteiger partial charge in [0.05, 0.1) is 0 Å². The van der Waals surface area contributed by atoms with E-state index in [0.29, 0.717) is 5.54 Å². The summed E-state index contributed by atoms with van der Waals surface area (Å²) >= 11 is 0. The molecule has 0 amide bonds. The number of rotatable bonds is 0. The van der Waals surface area contributed by atoms with Crippen LogP contribution in [0.3, 0.4) is 0 Å². The minimum atomic E-state index is 0.572. The molecule has 3 rings (SSSR count). The summed E-state index contributed by atoms with van der Waals surface area (Å²) in [6, 6.07) is 0.897. The Morgan fingerprint density at radius 2 is 2.38 bits per heavy atom. The first kappa shape index (κ1) is 4.80. The Morgan fingerprint density at radius 1 is 1.62 bits per heavy atom. The highest BCUT2D eigenvalue weighted by Gasteiger charge is 2.41. The highest BCUT2D eigenvalue weighted by Crippen LogP contribution is 2.37. The summed E-state index contributed by atoms with van der Waals surface area (Å²) in [6.07, 6.45) is 5.72. The van der Waals surface area contributed by atoms with Gasteiger partial charge in [-0.05, 0) is 26.2 Å². The van der Waals surface area contributed by atoms with Crippen molar-refractivity contribution < 1.29 is 0 Å². The third kappa shape index (κ3) is 0.510. The Bertz CT molecular complexity index is 97.4. The van der Waals surface area contributed by atoms with E-state index < -0.39 is 0 Å². The Labute approximate surface area is 50.5 Å². The van der Waals surface area contributed by atoms with E-state index in [0.717, 1.165) is 6.04 Å².